The first kappa shape index (κ1) is 29.5. The van der Waals surface area contributed by atoms with E-state index >= 15 is 0 Å². The number of carbonyl (C=O) groups excluding carboxylic acids is 3. The van der Waals surface area contributed by atoms with Crippen LogP contribution in [-0.4, -0.2) is 46.0 Å². The van der Waals surface area contributed by atoms with E-state index in [0.29, 0.717) is 6.42 Å². The molecule has 0 unspecified atom stereocenters. The molecule has 1 atom stereocenters. The summed E-state index contributed by atoms with van der Waals surface area (Å²) in [6.07, 6.45) is 11.4. The number of ether oxygens (including phenoxy) is 1. The van der Waals surface area contributed by atoms with E-state index < -0.39 is 42.8 Å². The Hall–Kier alpha value is -2.45. The Morgan fingerprint density at radius 1 is 0.688 bits per heavy atom. The molecule has 0 bridgehead atoms. The van der Waals surface area contributed by atoms with Gasteiger partial charge in [0.15, 0.2) is 0 Å². The normalized spacial score (nSPS) is 11.5. The van der Waals surface area contributed by atoms with Crippen LogP contribution in [0.25, 0.3) is 0 Å². The Labute approximate surface area is 190 Å². The van der Waals surface area contributed by atoms with Crippen LogP contribution in [0.4, 0.5) is 0 Å². The lowest BCUT2D eigenvalue weighted by Gasteiger charge is -2.14. The van der Waals surface area contributed by atoms with Gasteiger partial charge in [-0.15, -0.1) is 0 Å². The van der Waals surface area contributed by atoms with Crippen LogP contribution in [-0.2, 0) is 28.7 Å². The monoisotopic (exact) mass is 457 g/mol. The van der Waals surface area contributed by atoms with E-state index in [1.54, 1.807) is 0 Å². The number of esters is 2. The van der Waals surface area contributed by atoms with Crippen molar-refractivity contribution < 1.29 is 38.9 Å². The quantitative estimate of drug-likeness (QED) is 0.141. The molecule has 0 saturated heterocycles. The molecule has 9 heteroatoms. The molecular weight excluding hydrogens is 418 g/mol. The SMILES string of the molecule is CCCCCCCCCCCCCC(=O)N[C@H](CCC(=O)OC(=O)CCC(=O)O)C(=O)O. The van der Waals surface area contributed by atoms with Crippen LogP contribution in [0.5, 0.6) is 0 Å². The highest BCUT2D eigenvalue weighted by Gasteiger charge is 2.22. The van der Waals surface area contributed by atoms with E-state index in [-0.39, 0.29) is 25.2 Å². The van der Waals surface area contributed by atoms with E-state index in [2.05, 4.69) is 17.0 Å². The van der Waals surface area contributed by atoms with Crippen LogP contribution >= 0.6 is 0 Å². The predicted octanol–water partition coefficient (Wildman–Crippen LogP) is 3.97. The first-order valence-corrected chi connectivity index (χ1v) is 11.7. The third kappa shape index (κ3) is 18.3. The number of unbranched alkanes of at least 4 members (excludes halogenated alkanes) is 10. The number of amides is 1. The van der Waals surface area contributed by atoms with Crippen LogP contribution in [0.15, 0.2) is 0 Å². The number of nitrogens with one attached hydrogen (secondary N) is 1. The number of hydrogen-bond donors (Lipinski definition) is 3. The topological polar surface area (TPSA) is 147 Å². The van der Waals surface area contributed by atoms with Gasteiger partial charge in [0.1, 0.15) is 6.04 Å². The van der Waals surface area contributed by atoms with E-state index in [1.807, 2.05) is 0 Å². The molecule has 0 rings (SSSR count). The van der Waals surface area contributed by atoms with Crippen molar-refractivity contribution in [1.82, 2.24) is 5.32 Å². The maximum Gasteiger partial charge on any atom is 0.326 e. The Balaban J connectivity index is 3.92. The summed E-state index contributed by atoms with van der Waals surface area (Å²) in [6, 6.07) is -1.25. The van der Waals surface area contributed by atoms with Gasteiger partial charge < -0.3 is 20.3 Å². The van der Waals surface area contributed by atoms with Crippen LogP contribution < -0.4 is 5.32 Å². The zero-order valence-electron chi connectivity index (χ0n) is 19.2. The lowest BCUT2D eigenvalue weighted by molar-refractivity contribution is -0.161. The zero-order chi connectivity index (χ0) is 24.2. The van der Waals surface area contributed by atoms with E-state index in [1.165, 1.54) is 44.9 Å². The summed E-state index contributed by atoms with van der Waals surface area (Å²) in [6.45, 7) is 2.21. The second kappa shape index (κ2) is 19.3. The van der Waals surface area contributed by atoms with Crippen molar-refractivity contribution in [2.24, 2.45) is 0 Å². The maximum atomic E-state index is 12.0. The number of rotatable bonds is 20. The summed E-state index contributed by atoms with van der Waals surface area (Å²) in [5, 5.41) is 20.1. The van der Waals surface area contributed by atoms with Gasteiger partial charge in [0, 0.05) is 12.8 Å². The molecule has 0 heterocycles. The average molecular weight is 458 g/mol. The van der Waals surface area contributed by atoms with Crippen LogP contribution in [0.1, 0.15) is 110 Å². The van der Waals surface area contributed by atoms with Gasteiger partial charge in [0.25, 0.3) is 0 Å². The van der Waals surface area contributed by atoms with Gasteiger partial charge in [0.2, 0.25) is 5.91 Å². The van der Waals surface area contributed by atoms with Crippen molar-refractivity contribution >= 4 is 29.8 Å². The number of hydrogen-bond acceptors (Lipinski definition) is 6. The highest BCUT2D eigenvalue weighted by molar-refractivity contribution is 5.88. The van der Waals surface area contributed by atoms with Crippen molar-refractivity contribution in [3.05, 3.63) is 0 Å². The zero-order valence-corrected chi connectivity index (χ0v) is 19.2. The molecule has 0 fully saturated rings. The number of carboxylic acids is 2. The smallest absolute Gasteiger partial charge is 0.326 e. The third-order valence-electron chi connectivity index (χ3n) is 5.05. The van der Waals surface area contributed by atoms with Crippen molar-refractivity contribution in [2.45, 2.75) is 116 Å². The molecule has 0 radical (unpaired) electrons. The Morgan fingerprint density at radius 2 is 1.19 bits per heavy atom. The minimum absolute atomic E-state index is 0.218. The van der Waals surface area contributed by atoms with Gasteiger partial charge in [-0.3, -0.25) is 19.2 Å². The molecule has 32 heavy (non-hydrogen) atoms. The van der Waals surface area contributed by atoms with Gasteiger partial charge >= 0.3 is 23.9 Å². The van der Waals surface area contributed by atoms with Crippen LogP contribution in [0.3, 0.4) is 0 Å². The molecule has 0 aromatic heterocycles. The van der Waals surface area contributed by atoms with Crippen molar-refractivity contribution in [1.29, 1.82) is 0 Å². The molecule has 0 aliphatic rings. The lowest BCUT2D eigenvalue weighted by Crippen LogP contribution is -2.41. The van der Waals surface area contributed by atoms with E-state index in [0.717, 1.165) is 19.3 Å². The third-order valence-corrected chi connectivity index (χ3v) is 5.05. The van der Waals surface area contributed by atoms with Crippen molar-refractivity contribution in [3.63, 3.8) is 0 Å². The Morgan fingerprint density at radius 3 is 1.69 bits per heavy atom. The van der Waals surface area contributed by atoms with E-state index in [4.69, 9.17) is 5.11 Å². The Kier molecular flexibility index (Phi) is 17.8. The summed E-state index contributed by atoms with van der Waals surface area (Å²) >= 11 is 0. The second-order valence-electron chi connectivity index (χ2n) is 8.02. The predicted molar refractivity (Wildman–Crippen MR) is 118 cm³/mol. The van der Waals surface area contributed by atoms with Crippen molar-refractivity contribution in [3.8, 4) is 0 Å². The van der Waals surface area contributed by atoms with Crippen LogP contribution in [0, 0.1) is 0 Å². The minimum Gasteiger partial charge on any atom is -0.481 e. The van der Waals surface area contributed by atoms with Gasteiger partial charge in [0.05, 0.1) is 12.8 Å². The van der Waals surface area contributed by atoms with Crippen LogP contribution in [0.2, 0.25) is 0 Å². The summed E-state index contributed by atoms with van der Waals surface area (Å²) < 4.78 is 4.43. The number of carboxylic acid groups (broad SMARTS) is 2. The largest absolute Gasteiger partial charge is 0.481 e. The molecule has 0 aliphatic carbocycles. The molecule has 0 aromatic carbocycles. The number of aliphatic carboxylic acids is 2. The van der Waals surface area contributed by atoms with Gasteiger partial charge in [-0.2, -0.15) is 0 Å². The summed E-state index contributed by atoms with van der Waals surface area (Å²) in [4.78, 5) is 56.6. The fraction of sp³-hybridized carbons (Fsp3) is 0.783. The summed E-state index contributed by atoms with van der Waals surface area (Å²) in [5.41, 5.74) is 0. The summed E-state index contributed by atoms with van der Waals surface area (Å²) in [7, 11) is 0. The Bertz CT molecular complexity index is 591. The second-order valence-corrected chi connectivity index (χ2v) is 8.02. The highest BCUT2D eigenvalue weighted by Crippen LogP contribution is 2.12. The average Bonchev–Trinajstić information content (AvgIpc) is 2.73. The maximum absolute atomic E-state index is 12.0. The standard InChI is InChI=1S/C23H39NO8/c1-2-3-4-5-6-7-8-9-10-11-12-13-19(25)24-18(23(30)31)14-16-21(28)32-22(29)17-15-20(26)27/h18H,2-17H2,1H3,(H,24,25)(H,26,27)(H,30,31)/t18-/m1/s1. The molecule has 0 saturated carbocycles. The van der Waals surface area contributed by atoms with Crippen molar-refractivity contribution in [2.75, 3.05) is 0 Å². The van der Waals surface area contributed by atoms with Gasteiger partial charge in [-0.05, 0) is 12.8 Å². The highest BCUT2D eigenvalue weighted by atomic mass is 16.6. The van der Waals surface area contributed by atoms with Gasteiger partial charge in [-0.1, -0.05) is 71.1 Å². The fourth-order valence-electron chi connectivity index (χ4n) is 3.17. The molecule has 0 spiro atoms. The molecule has 0 aromatic rings. The fourth-order valence-corrected chi connectivity index (χ4v) is 3.17. The molecule has 9 nitrogen and oxygen atoms in total. The molecule has 0 aliphatic heterocycles. The number of carbonyl (C=O) groups is 5. The molecular formula is C23H39NO8. The van der Waals surface area contributed by atoms with E-state index in [9.17, 15) is 29.1 Å². The summed E-state index contributed by atoms with van der Waals surface area (Å²) in [5.74, 6) is -4.79. The minimum atomic E-state index is -1.28. The molecule has 3 N–H and O–H groups in total. The first-order valence-electron chi connectivity index (χ1n) is 11.7. The lowest BCUT2D eigenvalue weighted by atomic mass is 10.0. The molecule has 1 amide bonds. The first-order chi connectivity index (χ1) is 15.3. The van der Waals surface area contributed by atoms with Gasteiger partial charge in [-0.25, -0.2) is 4.79 Å². The molecule has 184 valence electrons.